The maximum absolute atomic E-state index is 11.8. The third kappa shape index (κ3) is 6.94. The summed E-state index contributed by atoms with van der Waals surface area (Å²) in [7, 11) is 0. The highest BCUT2D eigenvalue weighted by Gasteiger charge is 2.30. The SMILES string of the molecule is CCC(C)C(NC(N)=O)C(=O)NOCC(F)(F)F. The van der Waals surface area contributed by atoms with Gasteiger partial charge in [0, 0.05) is 0 Å². The highest BCUT2D eigenvalue weighted by molar-refractivity contribution is 5.86. The number of hydrogen-bond donors (Lipinski definition) is 3. The van der Waals surface area contributed by atoms with Crippen molar-refractivity contribution < 1.29 is 27.6 Å². The fourth-order valence-electron chi connectivity index (χ4n) is 1.11. The van der Waals surface area contributed by atoms with Gasteiger partial charge in [0.2, 0.25) is 0 Å². The van der Waals surface area contributed by atoms with E-state index in [0.29, 0.717) is 6.42 Å². The van der Waals surface area contributed by atoms with E-state index in [1.165, 1.54) is 0 Å². The van der Waals surface area contributed by atoms with Crippen LogP contribution in [0.15, 0.2) is 0 Å². The predicted octanol–water partition coefficient (Wildman–Crippen LogP) is 0.680. The van der Waals surface area contributed by atoms with Gasteiger partial charge in [-0.1, -0.05) is 20.3 Å². The number of primary amides is 1. The van der Waals surface area contributed by atoms with Gasteiger partial charge < -0.3 is 11.1 Å². The van der Waals surface area contributed by atoms with Crippen molar-refractivity contribution in [2.75, 3.05) is 6.61 Å². The van der Waals surface area contributed by atoms with Gasteiger partial charge in [0.25, 0.3) is 5.91 Å². The van der Waals surface area contributed by atoms with Crippen LogP contribution in [-0.2, 0) is 9.63 Å². The van der Waals surface area contributed by atoms with Crippen molar-refractivity contribution in [3.63, 3.8) is 0 Å². The van der Waals surface area contributed by atoms with E-state index in [1.807, 2.05) is 0 Å². The zero-order valence-electron chi connectivity index (χ0n) is 10.0. The van der Waals surface area contributed by atoms with Gasteiger partial charge in [0.05, 0.1) is 0 Å². The summed E-state index contributed by atoms with van der Waals surface area (Å²) in [5.41, 5.74) is 6.50. The summed E-state index contributed by atoms with van der Waals surface area (Å²) < 4.78 is 35.3. The van der Waals surface area contributed by atoms with E-state index in [2.05, 4.69) is 10.2 Å². The zero-order valence-corrected chi connectivity index (χ0v) is 10.0. The van der Waals surface area contributed by atoms with Gasteiger partial charge in [-0.25, -0.2) is 10.3 Å². The summed E-state index contributed by atoms with van der Waals surface area (Å²) in [6.07, 6.45) is -4.02. The number of hydroxylamine groups is 1. The van der Waals surface area contributed by atoms with E-state index in [0.717, 1.165) is 0 Å². The molecule has 0 saturated heterocycles. The van der Waals surface area contributed by atoms with Crippen LogP contribution in [0.3, 0.4) is 0 Å². The number of urea groups is 1. The molecule has 2 unspecified atom stereocenters. The Morgan fingerprint density at radius 2 is 1.94 bits per heavy atom. The molecular weight excluding hydrogens is 255 g/mol. The van der Waals surface area contributed by atoms with E-state index in [1.54, 1.807) is 19.3 Å². The predicted molar refractivity (Wildman–Crippen MR) is 56.1 cm³/mol. The van der Waals surface area contributed by atoms with E-state index in [4.69, 9.17) is 5.73 Å². The molecule has 0 rings (SSSR count). The number of amides is 3. The molecule has 0 aliphatic rings. The van der Waals surface area contributed by atoms with Gasteiger partial charge in [-0.3, -0.25) is 9.63 Å². The minimum atomic E-state index is -4.55. The lowest BCUT2D eigenvalue weighted by Crippen LogP contribution is -2.52. The largest absolute Gasteiger partial charge is 0.414 e. The molecule has 6 nitrogen and oxygen atoms in total. The number of nitrogens with one attached hydrogen (secondary N) is 2. The molecule has 4 N–H and O–H groups in total. The van der Waals surface area contributed by atoms with E-state index >= 15 is 0 Å². The van der Waals surface area contributed by atoms with Crippen LogP contribution in [0.5, 0.6) is 0 Å². The molecule has 3 amide bonds. The summed E-state index contributed by atoms with van der Waals surface area (Å²) in [6, 6.07) is -1.98. The molecule has 9 heteroatoms. The minimum absolute atomic E-state index is 0.299. The lowest BCUT2D eigenvalue weighted by molar-refractivity contribution is -0.192. The van der Waals surface area contributed by atoms with Crippen LogP contribution in [0.25, 0.3) is 0 Å². The Morgan fingerprint density at radius 1 is 1.39 bits per heavy atom. The molecule has 0 heterocycles. The first-order valence-corrected chi connectivity index (χ1v) is 5.21. The van der Waals surface area contributed by atoms with Gasteiger partial charge in [0.1, 0.15) is 6.04 Å². The van der Waals surface area contributed by atoms with Gasteiger partial charge >= 0.3 is 12.2 Å². The second-order valence-electron chi connectivity index (χ2n) is 3.74. The number of carbonyl (C=O) groups excluding carboxylic acids is 2. The summed E-state index contributed by atoms with van der Waals surface area (Å²) >= 11 is 0. The molecule has 0 radical (unpaired) electrons. The molecule has 0 fully saturated rings. The Hall–Kier alpha value is -1.51. The molecule has 2 atom stereocenters. The monoisotopic (exact) mass is 271 g/mol. The normalized spacial score (nSPS) is 14.7. The third-order valence-electron chi connectivity index (χ3n) is 2.20. The lowest BCUT2D eigenvalue weighted by Gasteiger charge is -2.22. The van der Waals surface area contributed by atoms with Crippen molar-refractivity contribution in [2.24, 2.45) is 11.7 Å². The first-order valence-electron chi connectivity index (χ1n) is 5.21. The Labute approximate surface area is 102 Å². The summed E-state index contributed by atoms with van der Waals surface area (Å²) in [6.45, 7) is 1.79. The van der Waals surface area contributed by atoms with Gasteiger partial charge in [-0.2, -0.15) is 13.2 Å². The standard InChI is InChI=1S/C9H16F3N3O3/c1-3-5(2)6(14-8(13)17)7(16)15-18-4-9(10,11)12/h5-6H,3-4H2,1-2H3,(H,15,16)(H3,13,14,17). The molecule has 0 aromatic rings. The van der Waals surface area contributed by atoms with Crippen LogP contribution in [0.4, 0.5) is 18.0 Å². The third-order valence-corrected chi connectivity index (χ3v) is 2.20. The molecule has 0 bridgehead atoms. The molecule has 0 spiro atoms. The quantitative estimate of drug-likeness (QED) is 0.620. The van der Waals surface area contributed by atoms with Crippen molar-refractivity contribution in [3.05, 3.63) is 0 Å². The minimum Gasteiger partial charge on any atom is -0.352 e. The molecular formula is C9H16F3N3O3. The first-order chi connectivity index (χ1) is 8.17. The second-order valence-corrected chi connectivity index (χ2v) is 3.74. The molecule has 0 aliphatic heterocycles. The lowest BCUT2D eigenvalue weighted by atomic mass is 9.99. The van der Waals surface area contributed by atoms with E-state index in [-0.39, 0.29) is 5.92 Å². The van der Waals surface area contributed by atoms with Crippen LogP contribution >= 0.6 is 0 Å². The topological polar surface area (TPSA) is 93.5 Å². The van der Waals surface area contributed by atoms with Crippen molar-refractivity contribution in [1.82, 2.24) is 10.8 Å². The average molecular weight is 271 g/mol. The molecule has 0 aromatic carbocycles. The fraction of sp³-hybridized carbons (Fsp3) is 0.778. The number of hydrogen-bond acceptors (Lipinski definition) is 3. The van der Waals surface area contributed by atoms with Gasteiger partial charge in [-0.05, 0) is 5.92 Å². The van der Waals surface area contributed by atoms with Crippen LogP contribution in [0.1, 0.15) is 20.3 Å². The van der Waals surface area contributed by atoms with Gasteiger partial charge in [-0.15, -0.1) is 0 Å². The maximum Gasteiger partial charge on any atom is 0.414 e. The van der Waals surface area contributed by atoms with E-state index in [9.17, 15) is 22.8 Å². The Bertz CT molecular complexity index is 297. The van der Waals surface area contributed by atoms with Crippen molar-refractivity contribution in [3.8, 4) is 0 Å². The van der Waals surface area contributed by atoms with Crippen LogP contribution in [-0.4, -0.2) is 30.8 Å². The second kappa shape index (κ2) is 7.04. The molecule has 0 saturated carbocycles. The van der Waals surface area contributed by atoms with E-state index < -0.39 is 30.8 Å². The number of carbonyl (C=O) groups is 2. The number of alkyl halides is 3. The first kappa shape index (κ1) is 16.5. The van der Waals surface area contributed by atoms with Crippen LogP contribution < -0.4 is 16.5 Å². The van der Waals surface area contributed by atoms with Crippen molar-refractivity contribution >= 4 is 11.9 Å². The molecule has 106 valence electrons. The summed E-state index contributed by atoms with van der Waals surface area (Å²) in [5, 5.41) is 2.14. The number of nitrogens with two attached hydrogens (primary N) is 1. The molecule has 0 aliphatic carbocycles. The zero-order chi connectivity index (χ0) is 14.3. The fourth-order valence-corrected chi connectivity index (χ4v) is 1.11. The Morgan fingerprint density at radius 3 is 2.33 bits per heavy atom. The Balaban J connectivity index is 4.34. The summed E-state index contributed by atoms with van der Waals surface area (Å²) in [4.78, 5) is 26.2. The smallest absolute Gasteiger partial charge is 0.352 e. The summed E-state index contributed by atoms with van der Waals surface area (Å²) in [5.74, 6) is -1.18. The van der Waals surface area contributed by atoms with Crippen LogP contribution in [0.2, 0.25) is 0 Å². The average Bonchev–Trinajstić information content (AvgIpc) is 2.22. The highest BCUT2D eigenvalue weighted by Crippen LogP contribution is 2.14. The number of rotatable bonds is 6. The van der Waals surface area contributed by atoms with Crippen LogP contribution in [0, 0.1) is 5.92 Å². The highest BCUT2D eigenvalue weighted by atomic mass is 19.4. The van der Waals surface area contributed by atoms with Gasteiger partial charge in [0.15, 0.2) is 6.61 Å². The van der Waals surface area contributed by atoms with Crippen molar-refractivity contribution in [2.45, 2.75) is 32.5 Å². The maximum atomic E-state index is 11.8. The molecule has 18 heavy (non-hydrogen) atoms. The number of halogens is 3. The molecule has 0 aromatic heterocycles. The van der Waals surface area contributed by atoms with Crippen molar-refractivity contribution in [1.29, 1.82) is 0 Å². The Kier molecular flexibility index (Phi) is 6.45.